The molecule has 0 heterocycles. The van der Waals surface area contributed by atoms with Crippen molar-refractivity contribution in [1.29, 1.82) is 0 Å². The Morgan fingerprint density at radius 2 is 0.833 bits per heavy atom. The van der Waals surface area contributed by atoms with E-state index in [9.17, 15) is 0 Å². The molecule has 112 valence electrons. The minimum Gasteiger partial charge on any atom is -0.397 e. The molecule has 0 saturated carbocycles. The first kappa shape index (κ1) is 21.3. The van der Waals surface area contributed by atoms with Crippen LogP contribution in [0.15, 0.2) is 0 Å². The van der Waals surface area contributed by atoms with E-state index in [4.69, 9.17) is 17.7 Å². The maximum atomic E-state index is 5.19. The molecule has 0 saturated heterocycles. The molecule has 0 aromatic heterocycles. The maximum absolute atomic E-state index is 5.19. The molecule has 8 heteroatoms. The monoisotopic (exact) mass is 332 g/mol. The average Bonchev–Trinajstić information content (AvgIpc) is 2.36. The third kappa shape index (κ3) is 6.94. The van der Waals surface area contributed by atoms with Crippen LogP contribution in [-0.4, -0.2) is 55.3 Å². The molecule has 4 nitrogen and oxygen atoms in total. The van der Waals surface area contributed by atoms with Gasteiger partial charge in [0, 0.05) is 38.2 Å². The zero-order valence-corrected chi connectivity index (χ0v) is 16.5. The smallest absolute Gasteiger partial charge is 0.347 e. The van der Waals surface area contributed by atoms with Gasteiger partial charge < -0.3 is 17.7 Å². The van der Waals surface area contributed by atoms with Crippen molar-refractivity contribution in [2.75, 3.05) is 28.4 Å². The Morgan fingerprint density at radius 3 is 0.833 bits per heavy atom. The molecule has 0 fully saturated rings. The second-order valence-corrected chi connectivity index (χ2v) is 14.2. The lowest BCUT2D eigenvalue weighted by molar-refractivity contribution is 0.249. The van der Waals surface area contributed by atoms with E-state index in [0.717, 1.165) is 0 Å². The summed E-state index contributed by atoms with van der Waals surface area (Å²) in [7, 11) is 2.86. The van der Waals surface area contributed by atoms with Crippen LogP contribution in [0.2, 0.25) is 13.1 Å². The summed E-state index contributed by atoms with van der Waals surface area (Å²) in [5.41, 5.74) is 0. The van der Waals surface area contributed by atoms with Crippen LogP contribution in [0, 0.1) is 0 Å². The van der Waals surface area contributed by atoms with Gasteiger partial charge in [0.25, 0.3) is 0 Å². The first-order valence-electron chi connectivity index (χ1n) is 5.70. The summed E-state index contributed by atoms with van der Waals surface area (Å²) in [4.78, 5) is 0.431. The van der Waals surface area contributed by atoms with Gasteiger partial charge in [-0.25, -0.2) is 0 Å². The lowest BCUT2D eigenvalue weighted by atomic mass is 11.0. The molecule has 0 aliphatic rings. The highest BCUT2D eigenvalue weighted by atomic mass is 32.1. The first-order valence-corrected chi connectivity index (χ1v) is 11.5. The predicted octanol–water partition coefficient (Wildman–Crippen LogP) is 2.42. The third-order valence-electron chi connectivity index (χ3n) is 3.14. The summed E-state index contributed by atoms with van der Waals surface area (Å²) in [5, 5.41) is 0. The summed E-state index contributed by atoms with van der Waals surface area (Å²) in [5.74, 6) is 0. The van der Waals surface area contributed by atoms with Crippen molar-refractivity contribution in [2.45, 2.75) is 36.7 Å². The lowest BCUT2D eigenvalue weighted by Gasteiger charge is -2.25. The van der Waals surface area contributed by atoms with E-state index in [-0.39, 0.29) is 9.75 Å². The van der Waals surface area contributed by atoms with Crippen molar-refractivity contribution in [3.05, 3.63) is 0 Å². The number of hydrogen-bond acceptors (Lipinski definition) is 6. The fourth-order valence-electron chi connectivity index (χ4n) is 0.849. The van der Waals surface area contributed by atoms with Gasteiger partial charge in [-0.1, -0.05) is 13.8 Å². The second kappa shape index (κ2) is 9.81. The van der Waals surface area contributed by atoms with Gasteiger partial charge in [-0.15, -0.1) is 0 Å². The Hall–Kier alpha value is 0.974. The molecule has 0 aliphatic carbocycles. The van der Waals surface area contributed by atoms with E-state index < -0.39 is 17.1 Å². The molecule has 2 atom stereocenters. The molecular weight excluding hydrogens is 304 g/mol. The van der Waals surface area contributed by atoms with E-state index >= 15 is 0 Å². The molecule has 0 aromatic carbocycles. The predicted molar refractivity (Wildman–Crippen MR) is 88.2 cm³/mol. The zero-order chi connectivity index (χ0) is 15.0. The quantitative estimate of drug-likeness (QED) is 0.578. The van der Waals surface area contributed by atoms with Crippen molar-refractivity contribution in [2.24, 2.45) is 0 Å². The molecule has 0 bridgehead atoms. The highest BCUT2D eigenvalue weighted by molar-refractivity contribution is 7.83. The summed E-state index contributed by atoms with van der Waals surface area (Å²) in [6.07, 6.45) is 0. The largest absolute Gasteiger partial charge is 0.397 e. The molecule has 0 spiro atoms. The van der Waals surface area contributed by atoms with Gasteiger partial charge >= 0.3 is 17.1 Å². The van der Waals surface area contributed by atoms with E-state index in [1.54, 1.807) is 28.4 Å². The molecule has 2 unspecified atom stereocenters. The van der Waals surface area contributed by atoms with Crippen molar-refractivity contribution in [3.8, 4) is 0 Å². The number of hydrogen-bond donors (Lipinski definition) is 2. The van der Waals surface area contributed by atoms with Crippen LogP contribution in [0.5, 0.6) is 0 Å². The minimum absolute atomic E-state index is 0.215. The van der Waals surface area contributed by atoms with Crippen LogP contribution >= 0.6 is 25.3 Å². The maximum Gasteiger partial charge on any atom is 0.347 e. The van der Waals surface area contributed by atoms with Gasteiger partial charge in [-0.2, -0.15) is 25.3 Å². The molecule has 0 radical (unpaired) electrons. The molecule has 0 N–H and O–H groups in total. The average molecular weight is 333 g/mol. The molecule has 0 aliphatic heterocycles. The molecule has 0 aromatic rings. The summed E-state index contributed by atoms with van der Waals surface area (Å²) < 4.78 is 20.8. The second-order valence-electron chi connectivity index (χ2n) is 4.20. The van der Waals surface area contributed by atoms with Gasteiger partial charge in [0.1, 0.15) is 0 Å². The molecule has 0 amide bonds. The van der Waals surface area contributed by atoms with Crippen LogP contribution in [0.25, 0.3) is 0 Å². The fourth-order valence-corrected chi connectivity index (χ4v) is 3.81. The summed E-state index contributed by atoms with van der Waals surface area (Å²) in [6, 6.07) is 0. The zero-order valence-electron chi connectivity index (χ0n) is 12.7. The van der Waals surface area contributed by atoms with Gasteiger partial charge in [0.2, 0.25) is 0 Å². The Morgan fingerprint density at radius 1 is 0.667 bits per heavy atom. The topological polar surface area (TPSA) is 36.9 Å². The first-order chi connectivity index (χ1) is 8.13. The van der Waals surface area contributed by atoms with Crippen molar-refractivity contribution >= 4 is 42.4 Å². The lowest BCUT2D eigenvalue weighted by Crippen LogP contribution is -2.44. The Balaban J connectivity index is 0. The molecule has 18 heavy (non-hydrogen) atoms. The van der Waals surface area contributed by atoms with E-state index in [1.807, 2.05) is 26.9 Å². The van der Waals surface area contributed by atoms with Crippen molar-refractivity contribution < 1.29 is 17.7 Å². The Labute approximate surface area is 125 Å². The molecule has 0 rings (SSSR count). The highest BCUT2D eigenvalue weighted by Gasteiger charge is 2.34. The number of rotatable bonds is 6. The van der Waals surface area contributed by atoms with E-state index in [0.29, 0.717) is 0 Å². The third-order valence-corrected chi connectivity index (χ3v) is 12.2. The Kier molecular flexibility index (Phi) is 11.6. The van der Waals surface area contributed by atoms with Gasteiger partial charge in [0.15, 0.2) is 0 Å². The summed E-state index contributed by atoms with van der Waals surface area (Å²) in [6.45, 7) is 7.96. The van der Waals surface area contributed by atoms with Gasteiger partial charge in [0.05, 0.1) is 0 Å². The van der Waals surface area contributed by atoms with Crippen LogP contribution in [-0.2, 0) is 17.7 Å². The van der Waals surface area contributed by atoms with E-state index in [1.165, 1.54) is 0 Å². The van der Waals surface area contributed by atoms with Crippen LogP contribution in [0.3, 0.4) is 0 Å². The SMILES string of the molecule is CO[Si](C)(OC)C(C)S.CO[Si](C)(OC)C(C)S. The normalized spacial score (nSPS) is 15.7. The van der Waals surface area contributed by atoms with Crippen LogP contribution in [0.1, 0.15) is 13.8 Å². The van der Waals surface area contributed by atoms with Crippen molar-refractivity contribution in [1.82, 2.24) is 0 Å². The van der Waals surface area contributed by atoms with Crippen molar-refractivity contribution in [3.63, 3.8) is 0 Å². The summed E-state index contributed by atoms with van der Waals surface area (Å²) >= 11 is 8.50. The minimum atomic E-state index is -1.91. The van der Waals surface area contributed by atoms with Crippen LogP contribution < -0.4 is 0 Å². The standard InChI is InChI=1S/2C5H14O2SSi/c2*1-5(8)9(4,6-2)7-3/h2*5,8H,1-4H3. The highest BCUT2D eigenvalue weighted by Crippen LogP contribution is 2.14. The Bertz CT molecular complexity index is 188. The fraction of sp³-hybridized carbons (Fsp3) is 1.00. The van der Waals surface area contributed by atoms with E-state index in [2.05, 4.69) is 25.3 Å². The number of thiol groups is 2. The van der Waals surface area contributed by atoms with Gasteiger partial charge in [-0.3, -0.25) is 0 Å². The van der Waals surface area contributed by atoms with Gasteiger partial charge in [-0.05, 0) is 13.1 Å². The molecular formula is C10H28O4S2Si2. The van der Waals surface area contributed by atoms with Crippen LogP contribution in [0.4, 0.5) is 0 Å².